The topological polar surface area (TPSA) is 99.1 Å². The lowest BCUT2D eigenvalue weighted by molar-refractivity contribution is -0.133. The van der Waals surface area contributed by atoms with Crippen molar-refractivity contribution in [3.63, 3.8) is 0 Å². The van der Waals surface area contributed by atoms with E-state index in [0.717, 1.165) is 21.2 Å². The van der Waals surface area contributed by atoms with Crippen LogP contribution in [0.5, 0.6) is 0 Å². The summed E-state index contributed by atoms with van der Waals surface area (Å²) in [4.78, 5) is 26.8. The van der Waals surface area contributed by atoms with E-state index in [-0.39, 0.29) is 18.3 Å². The molecule has 3 aromatic heterocycles. The second-order valence-corrected chi connectivity index (χ2v) is 6.39. The van der Waals surface area contributed by atoms with Gasteiger partial charge in [-0.05, 0) is 18.4 Å². The van der Waals surface area contributed by atoms with Gasteiger partial charge >= 0.3 is 5.76 Å². The van der Waals surface area contributed by atoms with Crippen LogP contribution in [0.15, 0.2) is 26.7 Å². The number of carbonyl (C=O) groups excluding carboxylic acids is 1. The average Bonchev–Trinajstić information content (AvgIpc) is 3.29. The summed E-state index contributed by atoms with van der Waals surface area (Å²) in [6.45, 7) is 3.31. The molecule has 4 heterocycles. The lowest BCUT2D eigenvalue weighted by atomic mass is 10.3. The third-order valence-corrected chi connectivity index (χ3v) is 4.77. The standard InChI is InChI=1S/C14H14N6O3S/c1-9-15-16-11-7-18(4-5-19(9)11)12(21)8-20-14(22)23-13(17-20)10-3-2-6-24-10/h2-3,6H,4-5,7-8H2,1H3. The summed E-state index contributed by atoms with van der Waals surface area (Å²) in [5.41, 5.74) is 0. The highest BCUT2D eigenvalue weighted by molar-refractivity contribution is 7.13. The SMILES string of the molecule is Cc1nnc2n1CCN(C(=O)Cn1nc(-c3cccs3)oc1=O)C2. The Bertz CT molecular complexity index is 938. The predicted octanol–water partition coefficient (Wildman–Crippen LogP) is 0.507. The molecular weight excluding hydrogens is 332 g/mol. The van der Waals surface area contributed by atoms with Gasteiger partial charge in [0.1, 0.15) is 12.4 Å². The van der Waals surface area contributed by atoms with Crippen LogP contribution < -0.4 is 5.76 Å². The van der Waals surface area contributed by atoms with E-state index in [9.17, 15) is 9.59 Å². The fourth-order valence-electron chi connectivity index (χ4n) is 2.65. The molecule has 10 heteroatoms. The second-order valence-electron chi connectivity index (χ2n) is 5.44. The van der Waals surface area contributed by atoms with Crippen molar-refractivity contribution in [3.8, 4) is 10.8 Å². The number of aromatic nitrogens is 5. The van der Waals surface area contributed by atoms with Crippen LogP contribution in [0.4, 0.5) is 0 Å². The van der Waals surface area contributed by atoms with Crippen LogP contribution in [0.25, 0.3) is 10.8 Å². The first-order valence-electron chi connectivity index (χ1n) is 7.40. The number of aryl methyl sites for hydroxylation is 1. The molecule has 0 saturated heterocycles. The fourth-order valence-corrected chi connectivity index (χ4v) is 3.29. The van der Waals surface area contributed by atoms with E-state index in [1.165, 1.54) is 11.3 Å². The second kappa shape index (κ2) is 5.71. The van der Waals surface area contributed by atoms with Gasteiger partial charge in [0.15, 0.2) is 5.82 Å². The third-order valence-electron chi connectivity index (χ3n) is 3.91. The molecule has 0 spiro atoms. The summed E-state index contributed by atoms with van der Waals surface area (Å²) < 4.78 is 8.16. The summed E-state index contributed by atoms with van der Waals surface area (Å²) >= 11 is 1.42. The monoisotopic (exact) mass is 346 g/mol. The molecule has 1 amide bonds. The number of carbonyl (C=O) groups is 1. The zero-order valence-corrected chi connectivity index (χ0v) is 13.7. The Morgan fingerprint density at radius 1 is 1.38 bits per heavy atom. The normalized spacial score (nSPS) is 14.0. The van der Waals surface area contributed by atoms with Gasteiger partial charge in [0.25, 0.3) is 5.89 Å². The van der Waals surface area contributed by atoms with Gasteiger partial charge in [-0.1, -0.05) is 6.07 Å². The lowest BCUT2D eigenvalue weighted by Crippen LogP contribution is -2.41. The van der Waals surface area contributed by atoms with E-state index in [0.29, 0.717) is 19.6 Å². The predicted molar refractivity (Wildman–Crippen MR) is 84.3 cm³/mol. The summed E-state index contributed by atoms with van der Waals surface area (Å²) in [7, 11) is 0. The molecule has 1 aliphatic heterocycles. The van der Waals surface area contributed by atoms with Crippen molar-refractivity contribution in [1.82, 2.24) is 29.4 Å². The van der Waals surface area contributed by atoms with Gasteiger partial charge in [-0.15, -0.1) is 26.6 Å². The number of hydrogen-bond acceptors (Lipinski definition) is 7. The van der Waals surface area contributed by atoms with Crippen molar-refractivity contribution in [2.45, 2.75) is 26.6 Å². The first-order chi connectivity index (χ1) is 11.6. The Balaban J connectivity index is 1.50. The molecule has 24 heavy (non-hydrogen) atoms. The van der Waals surface area contributed by atoms with Gasteiger partial charge in [0.05, 0.1) is 11.4 Å². The van der Waals surface area contributed by atoms with Gasteiger partial charge in [-0.25, -0.2) is 4.79 Å². The quantitative estimate of drug-likeness (QED) is 0.685. The van der Waals surface area contributed by atoms with Gasteiger partial charge in [-0.2, -0.15) is 4.68 Å². The highest BCUT2D eigenvalue weighted by atomic mass is 32.1. The van der Waals surface area contributed by atoms with Gasteiger partial charge in [0.2, 0.25) is 5.91 Å². The molecule has 1 aliphatic rings. The summed E-state index contributed by atoms with van der Waals surface area (Å²) in [6, 6.07) is 3.65. The number of nitrogens with zero attached hydrogens (tertiary/aromatic N) is 6. The highest BCUT2D eigenvalue weighted by Gasteiger charge is 2.24. The molecule has 124 valence electrons. The molecule has 0 N–H and O–H groups in total. The molecule has 0 bridgehead atoms. The number of rotatable bonds is 3. The van der Waals surface area contributed by atoms with Crippen molar-refractivity contribution in [2.24, 2.45) is 0 Å². The Kier molecular flexibility index (Phi) is 3.53. The van der Waals surface area contributed by atoms with Crippen LogP contribution in [0.2, 0.25) is 0 Å². The third kappa shape index (κ3) is 2.54. The molecule has 0 unspecified atom stereocenters. The zero-order chi connectivity index (χ0) is 16.7. The summed E-state index contributed by atoms with van der Waals surface area (Å²) in [6.07, 6.45) is 0. The van der Waals surface area contributed by atoms with Crippen molar-refractivity contribution in [1.29, 1.82) is 0 Å². The molecule has 9 nitrogen and oxygen atoms in total. The fraction of sp³-hybridized carbons (Fsp3) is 0.357. The first kappa shape index (κ1) is 14.8. The Labute approximate surface area is 140 Å². The van der Waals surface area contributed by atoms with E-state index in [2.05, 4.69) is 15.3 Å². The van der Waals surface area contributed by atoms with Crippen LogP contribution in [0.3, 0.4) is 0 Å². The van der Waals surface area contributed by atoms with Crippen molar-refractivity contribution >= 4 is 17.2 Å². The molecular formula is C14H14N6O3S. The van der Waals surface area contributed by atoms with Crippen LogP contribution >= 0.6 is 11.3 Å². The molecule has 0 fully saturated rings. The van der Waals surface area contributed by atoms with Crippen LogP contribution in [0.1, 0.15) is 11.6 Å². The van der Waals surface area contributed by atoms with E-state index >= 15 is 0 Å². The maximum Gasteiger partial charge on any atom is 0.437 e. The number of hydrogen-bond donors (Lipinski definition) is 0. The first-order valence-corrected chi connectivity index (χ1v) is 8.28. The smallest absolute Gasteiger partial charge is 0.387 e. The lowest BCUT2D eigenvalue weighted by Gasteiger charge is -2.27. The molecule has 4 rings (SSSR count). The maximum absolute atomic E-state index is 12.5. The molecule has 0 radical (unpaired) electrons. The number of amides is 1. The van der Waals surface area contributed by atoms with Crippen molar-refractivity contribution in [2.75, 3.05) is 6.54 Å². The van der Waals surface area contributed by atoms with E-state index < -0.39 is 5.76 Å². The Morgan fingerprint density at radius 2 is 2.25 bits per heavy atom. The minimum absolute atomic E-state index is 0.152. The highest BCUT2D eigenvalue weighted by Crippen LogP contribution is 2.21. The molecule has 0 saturated carbocycles. The Morgan fingerprint density at radius 3 is 3.04 bits per heavy atom. The number of thiophene rings is 1. The van der Waals surface area contributed by atoms with E-state index in [1.54, 1.807) is 4.90 Å². The maximum atomic E-state index is 12.5. The largest absolute Gasteiger partial charge is 0.437 e. The zero-order valence-electron chi connectivity index (χ0n) is 12.9. The minimum atomic E-state index is -0.636. The molecule has 0 aliphatic carbocycles. The number of fused-ring (bicyclic) bond motifs is 1. The Hall–Kier alpha value is -2.75. The minimum Gasteiger partial charge on any atom is -0.387 e. The van der Waals surface area contributed by atoms with E-state index in [4.69, 9.17) is 4.42 Å². The van der Waals surface area contributed by atoms with Crippen LogP contribution in [-0.2, 0) is 24.4 Å². The van der Waals surface area contributed by atoms with Crippen LogP contribution in [-0.4, -0.2) is 41.9 Å². The average molecular weight is 346 g/mol. The molecule has 0 aromatic carbocycles. The molecule has 0 atom stereocenters. The van der Waals surface area contributed by atoms with Gasteiger partial charge < -0.3 is 13.9 Å². The molecule has 3 aromatic rings. The van der Waals surface area contributed by atoms with Crippen molar-refractivity contribution < 1.29 is 9.21 Å². The van der Waals surface area contributed by atoms with Gasteiger partial charge in [-0.3, -0.25) is 4.79 Å². The van der Waals surface area contributed by atoms with E-state index in [1.807, 2.05) is 29.0 Å². The summed E-state index contributed by atoms with van der Waals surface area (Å²) in [5.74, 6) is 0.985. The van der Waals surface area contributed by atoms with Gasteiger partial charge in [0, 0.05) is 13.1 Å². The van der Waals surface area contributed by atoms with Crippen molar-refractivity contribution in [3.05, 3.63) is 39.7 Å². The summed E-state index contributed by atoms with van der Waals surface area (Å²) in [5, 5.41) is 14.1. The van der Waals surface area contributed by atoms with Crippen LogP contribution in [0, 0.1) is 6.92 Å².